The molecule has 0 aliphatic carbocycles. The molecule has 2 aromatic carbocycles. The number of hydrogen-bond acceptors (Lipinski definition) is 4. The Bertz CT molecular complexity index is 748. The highest BCUT2D eigenvalue weighted by Gasteiger charge is 2.24. The average molecular weight is 386 g/mol. The molecule has 1 atom stereocenters. The van der Waals surface area contributed by atoms with Crippen LogP contribution >= 0.6 is 0 Å². The van der Waals surface area contributed by atoms with E-state index in [1.165, 1.54) is 0 Å². The minimum atomic E-state index is -0.199. The van der Waals surface area contributed by atoms with Crippen molar-refractivity contribution in [1.82, 2.24) is 4.90 Å². The van der Waals surface area contributed by atoms with Crippen LogP contribution in [0.5, 0.6) is 0 Å². The number of benzene rings is 2. The van der Waals surface area contributed by atoms with Crippen molar-refractivity contribution in [2.24, 2.45) is 0 Å². The second kappa shape index (κ2) is 9.89. The van der Waals surface area contributed by atoms with E-state index < -0.39 is 0 Å². The summed E-state index contributed by atoms with van der Waals surface area (Å²) in [6.45, 7) is 6.05. The molecule has 0 spiro atoms. The van der Waals surface area contributed by atoms with Crippen molar-refractivity contribution in [3.8, 4) is 0 Å². The molecule has 0 amide bonds. The van der Waals surface area contributed by atoms with Crippen LogP contribution in [0.2, 0.25) is 0 Å². The zero-order valence-electron chi connectivity index (χ0n) is 17.2. The van der Waals surface area contributed by atoms with Gasteiger partial charge in [-0.3, -0.25) is 0 Å². The highest BCUT2D eigenvalue weighted by molar-refractivity contribution is 5.57. The minimum Gasteiger partial charge on any atom is -0.379 e. The van der Waals surface area contributed by atoms with Gasteiger partial charge in [0, 0.05) is 38.0 Å². The van der Waals surface area contributed by atoms with Crippen molar-refractivity contribution in [2.75, 3.05) is 44.0 Å². The normalized spacial score (nSPS) is 16.8. The molecule has 0 saturated carbocycles. The van der Waals surface area contributed by atoms with E-state index in [0.717, 1.165) is 49.4 Å². The zero-order valence-corrected chi connectivity index (χ0v) is 17.2. The van der Waals surface area contributed by atoms with Crippen LogP contribution in [0.25, 0.3) is 0 Å². The number of rotatable bonds is 9. The largest absolute Gasteiger partial charge is 0.379 e. The Kier molecular flexibility index (Phi) is 7.29. The molecule has 4 nitrogen and oxygen atoms in total. The molecule has 2 aromatic rings. The number of halogens is 1. The second-order valence-electron chi connectivity index (χ2n) is 7.74. The maximum atomic E-state index is 14.6. The predicted molar refractivity (Wildman–Crippen MR) is 114 cm³/mol. The molecule has 1 unspecified atom stereocenters. The van der Waals surface area contributed by atoms with E-state index in [2.05, 4.69) is 60.4 Å². The molecular weight excluding hydrogens is 353 g/mol. The number of nitrogens with one attached hydrogen (secondary N) is 1. The van der Waals surface area contributed by atoms with Crippen LogP contribution in [-0.4, -0.2) is 44.7 Å². The number of anilines is 2. The summed E-state index contributed by atoms with van der Waals surface area (Å²) in [5.74, 6) is -0.199. The molecule has 28 heavy (non-hydrogen) atoms. The van der Waals surface area contributed by atoms with Crippen molar-refractivity contribution in [1.29, 1.82) is 0 Å². The molecule has 1 fully saturated rings. The molecular formula is C23H32FN3O. The molecule has 1 aliphatic rings. The van der Waals surface area contributed by atoms with Crippen LogP contribution in [0.3, 0.4) is 0 Å². The van der Waals surface area contributed by atoms with E-state index in [0.29, 0.717) is 24.9 Å². The van der Waals surface area contributed by atoms with Crippen LogP contribution in [-0.2, 0) is 17.9 Å². The summed E-state index contributed by atoms with van der Waals surface area (Å²) >= 11 is 0. The first-order valence-electron chi connectivity index (χ1n) is 10.2. The van der Waals surface area contributed by atoms with Gasteiger partial charge >= 0.3 is 0 Å². The fourth-order valence-corrected chi connectivity index (χ4v) is 3.53. The van der Waals surface area contributed by atoms with Gasteiger partial charge in [-0.05, 0) is 56.3 Å². The number of hydrogen-bond donors (Lipinski definition) is 1. The van der Waals surface area contributed by atoms with Gasteiger partial charge in [-0.15, -0.1) is 0 Å². The molecule has 5 heteroatoms. The molecule has 1 heterocycles. The lowest BCUT2D eigenvalue weighted by atomic mass is 10.1. The fraction of sp³-hybridized carbons (Fsp3) is 0.478. The summed E-state index contributed by atoms with van der Waals surface area (Å²) in [4.78, 5) is 4.50. The molecule has 0 aromatic heterocycles. The maximum absolute atomic E-state index is 14.6. The van der Waals surface area contributed by atoms with E-state index in [-0.39, 0.29) is 5.82 Å². The highest BCUT2D eigenvalue weighted by Crippen LogP contribution is 2.26. The third kappa shape index (κ3) is 5.46. The van der Waals surface area contributed by atoms with Crippen molar-refractivity contribution >= 4 is 11.4 Å². The Morgan fingerprint density at radius 3 is 2.54 bits per heavy atom. The highest BCUT2D eigenvalue weighted by atomic mass is 19.1. The number of ether oxygens (including phenoxy) is 1. The third-order valence-electron chi connectivity index (χ3n) is 5.33. The zero-order chi connectivity index (χ0) is 19.9. The summed E-state index contributed by atoms with van der Waals surface area (Å²) in [7, 11) is 4.21. The van der Waals surface area contributed by atoms with Crippen molar-refractivity contribution < 1.29 is 9.13 Å². The number of likely N-dealkylation sites (N-methyl/N-ethyl adjacent to an activating group) is 1. The summed E-state index contributed by atoms with van der Waals surface area (Å²) in [5, 5.41) is 3.21. The minimum absolute atomic E-state index is 0.199. The first-order chi connectivity index (χ1) is 13.6. The summed E-state index contributed by atoms with van der Waals surface area (Å²) in [6.07, 6.45) is 2.15. The van der Waals surface area contributed by atoms with Gasteiger partial charge in [-0.25, -0.2) is 4.39 Å². The lowest BCUT2D eigenvalue weighted by Gasteiger charge is -2.22. The van der Waals surface area contributed by atoms with Gasteiger partial charge in [0.15, 0.2) is 0 Å². The van der Waals surface area contributed by atoms with Crippen molar-refractivity contribution in [2.45, 2.75) is 39.0 Å². The van der Waals surface area contributed by atoms with Gasteiger partial charge in [0.05, 0.1) is 12.3 Å². The van der Waals surface area contributed by atoms with Crippen LogP contribution in [0.15, 0.2) is 42.5 Å². The van der Waals surface area contributed by atoms with Crippen LogP contribution in [0.1, 0.15) is 30.9 Å². The first-order valence-corrected chi connectivity index (χ1v) is 10.2. The van der Waals surface area contributed by atoms with Crippen LogP contribution in [0.4, 0.5) is 15.8 Å². The Morgan fingerprint density at radius 1 is 1.14 bits per heavy atom. The second-order valence-corrected chi connectivity index (χ2v) is 7.74. The quantitative estimate of drug-likeness (QED) is 0.643. The molecule has 3 rings (SSSR count). The van der Waals surface area contributed by atoms with Gasteiger partial charge in [-0.2, -0.15) is 0 Å². The Morgan fingerprint density at radius 2 is 1.89 bits per heavy atom. The van der Waals surface area contributed by atoms with Gasteiger partial charge in [0.1, 0.15) is 5.82 Å². The van der Waals surface area contributed by atoms with Crippen LogP contribution < -0.4 is 10.2 Å². The fourth-order valence-electron chi connectivity index (χ4n) is 3.53. The molecule has 1 saturated heterocycles. The standard InChI is InChI=1S/C23H32FN3O/c1-4-13-28-17-19-7-5-18(6-8-19)15-25-23-10-9-20(14-22(23)24)27-12-11-21(16-27)26(2)3/h5-10,14,21,25H,4,11-13,15-17H2,1-3H3. The van der Waals surface area contributed by atoms with Gasteiger partial charge in [0.25, 0.3) is 0 Å². The van der Waals surface area contributed by atoms with E-state index in [4.69, 9.17) is 4.74 Å². The van der Waals surface area contributed by atoms with Gasteiger partial charge in [0.2, 0.25) is 0 Å². The van der Waals surface area contributed by atoms with E-state index in [9.17, 15) is 4.39 Å². The van der Waals surface area contributed by atoms with Gasteiger partial charge < -0.3 is 19.9 Å². The smallest absolute Gasteiger partial charge is 0.148 e. The summed E-state index contributed by atoms with van der Waals surface area (Å²) < 4.78 is 20.1. The summed E-state index contributed by atoms with van der Waals surface area (Å²) in [6, 6.07) is 14.3. The van der Waals surface area contributed by atoms with E-state index in [1.807, 2.05) is 12.1 Å². The monoisotopic (exact) mass is 385 g/mol. The van der Waals surface area contributed by atoms with Crippen molar-refractivity contribution in [3.63, 3.8) is 0 Å². The van der Waals surface area contributed by atoms with E-state index in [1.54, 1.807) is 6.07 Å². The lowest BCUT2D eigenvalue weighted by Crippen LogP contribution is -2.31. The first kappa shape index (κ1) is 20.6. The Balaban J connectivity index is 1.54. The topological polar surface area (TPSA) is 27.7 Å². The number of nitrogens with zero attached hydrogens (tertiary/aromatic N) is 2. The SMILES string of the molecule is CCCOCc1ccc(CNc2ccc(N3CCC(N(C)C)C3)cc2F)cc1. The maximum Gasteiger partial charge on any atom is 0.148 e. The summed E-state index contributed by atoms with van der Waals surface area (Å²) in [5.41, 5.74) is 3.79. The predicted octanol–water partition coefficient (Wildman–Crippen LogP) is 4.50. The molecule has 152 valence electrons. The molecule has 1 N–H and O–H groups in total. The van der Waals surface area contributed by atoms with Gasteiger partial charge in [-0.1, -0.05) is 31.2 Å². The van der Waals surface area contributed by atoms with E-state index >= 15 is 0 Å². The Hall–Kier alpha value is -2.11. The average Bonchev–Trinajstić information content (AvgIpc) is 3.19. The molecule has 0 radical (unpaired) electrons. The van der Waals surface area contributed by atoms with Crippen LogP contribution in [0, 0.1) is 5.82 Å². The molecule has 1 aliphatic heterocycles. The Labute approximate surface area is 168 Å². The molecule has 0 bridgehead atoms. The lowest BCUT2D eigenvalue weighted by molar-refractivity contribution is 0.121. The third-order valence-corrected chi connectivity index (χ3v) is 5.33. The van der Waals surface area contributed by atoms with Crippen molar-refractivity contribution in [3.05, 3.63) is 59.4 Å².